The number of ether oxygens (including phenoxy) is 3. The van der Waals surface area contributed by atoms with E-state index in [-0.39, 0.29) is 6.10 Å². The van der Waals surface area contributed by atoms with Gasteiger partial charge in [0.15, 0.2) is 0 Å². The fourth-order valence-electron chi connectivity index (χ4n) is 0.646. The molecule has 0 amide bonds. The summed E-state index contributed by atoms with van der Waals surface area (Å²) in [6.45, 7) is 6.38. The van der Waals surface area contributed by atoms with Crippen LogP contribution in [0.25, 0.3) is 0 Å². The molecule has 0 saturated heterocycles. The Bertz CT molecular complexity index is 105. The summed E-state index contributed by atoms with van der Waals surface area (Å²) in [6.07, 6.45) is -0.177. The van der Waals surface area contributed by atoms with E-state index in [0.29, 0.717) is 32.9 Å². The highest BCUT2D eigenvalue weighted by Gasteiger charge is 1.99. The molecule has 0 N–H and O–H groups in total. The van der Waals surface area contributed by atoms with Crippen LogP contribution in [-0.2, 0) is 19.0 Å². The maximum Gasteiger partial charge on any atom is 0.293 e. The van der Waals surface area contributed by atoms with Gasteiger partial charge >= 0.3 is 0 Å². The first-order valence-electron chi connectivity index (χ1n) is 4.05. The molecule has 0 spiro atoms. The zero-order chi connectivity index (χ0) is 9.23. The molecule has 0 saturated carbocycles. The van der Waals surface area contributed by atoms with Crippen molar-refractivity contribution in [3.05, 3.63) is 0 Å². The van der Waals surface area contributed by atoms with Crippen molar-refractivity contribution in [2.24, 2.45) is 0 Å². The molecular weight excluding hydrogens is 160 g/mol. The average molecular weight is 176 g/mol. The van der Waals surface area contributed by atoms with Crippen molar-refractivity contribution in [1.29, 1.82) is 0 Å². The molecule has 4 heteroatoms. The van der Waals surface area contributed by atoms with E-state index >= 15 is 0 Å². The molecule has 0 aromatic carbocycles. The Balaban J connectivity index is 3.02. The zero-order valence-electron chi connectivity index (χ0n) is 7.62. The van der Waals surface area contributed by atoms with E-state index in [4.69, 9.17) is 9.47 Å². The van der Waals surface area contributed by atoms with Crippen LogP contribution in [0.4, 0.5) is 0 Å². The predicted octanol–water partition coefficient (Wildman–Crippen LogP) is 0.601. The van der Waals surface area contributed by atoms with Crippen LogP contribution in [0.2, 0.25) is 0 Å². The Hall–Kier alpha value is -0.610. The summed E-state index contributed by atoms with van der Waals surface area (Å²) < 4.78 is 14.8. The third kappa shape index (κ3) is 7.50. The predicted molar refractivity (Wildman–Crippen MR) is 43.9 cm³/mol. The van der Waals surface area contributed by atoms with Crippen LogP contribution in [0.5, 0.6) is 0 Å². The van der Waals surface area contributed by atoms with E-state index in [2.05, 4.69) is 4.74 Å². The lowest BCUT2D eigenvalue weighted by molar-refractivity contribution is -0.135. The van der Waals surface area contributed by atoms with Crippen molar-refractivity contribution in [2.45, 2.75) is 20.0 Å². The molecule has 0 aromatic heterocycles. The Morgan fingerprint density at radius 1 is 1.33 bits per heavy atom. The molecule has 0 bridgehead atoms. The quantitative estimate of drug-likeness (QED) is 0.401. The van der Waals surface area contributed by atoms with Crippen molar-refractivity contribution < 1.29 is 19.0 Å². The molecule has 0 fully saturated rings. The van der Waals surface area contributed by atoms with Gasteiger partial charge in [0.2, 0.25) is 0 Å². The lowest BCUT2D eigenvalue weighted by atomic mass is 10.4. The van der Waals surface area contributed by atoms with Crippen molar-refractivity contribution in [3.8, 4) is 0 Å². The number of carbonyl (C=O) groups is 1. The van der Waals surface area contributed by atoms with Gasteiger partial charge < -0.3 is 14.2 Å². The highest BCUT2D eigenvalue weighted by molar-refractivity contribution is 5.37. The minimum atomic E-state index is -0.177. The van der Waals surface area contributed by atoms with Gasteiger partial charge in [0.05, 0.1) is 19.8 Å². The average Bonchev–Trinajstić information content (AvgIpc) is 2.05. The summed E-state index contributed by atoms with van der Waals surface area (Å²) in [5, 5.41) is 0. The van der Waals surface area contributed by atoms with Crippen LogP contribution in [0.1, 0.15) is 13.8 Å². The minimum absolute atomic E-state index is 0.177. The molecule has 4 nitrogen and oxygen atoms in total. The Morgan fingerprint density at radius 2 is 2.00 bits per heavy atom. The molecular formula is C8H16O4. The molecule has 0 aliphatic heterocycles. The second-order valence-electron chi connectivity index (χ2n) is 2.31. The van der Waals surface area contributed by atoms with E-state index in [1.807, 2.05) is 6.92 Å². The number of rotatable bonds is 8. The van der Waals surface area contributed by atoms with E-state index in [1.54, 1.807) is 6.92 Å². The normalized spacial score (nSPS) is 12.5. The van der Waals surface area contributed by atoms with Gasteiger partial charge in [-0.2, -0.15) is 0 Å². The first-order chi connectivity index (χ1) is 5.81. The Morgan fingerprint density at radius 3 is 2.58 bits per heavy atom. The summed E-state index contributed by atoms with van der Waals surface area (Å²) in [7, 11) is 0. The highest BCUT2D eigenvalue weighted by Crippen LogP contribution is 1.89. The summed E-state index contributed by atoms with van der Waals surface area (Å²) in [6, 6.07) is 0. The van der Waals surface area contributed by atoms with Crippen LogP contribution in [0, 0.1) is 0 Å². The maximum atomic E-state index is 9.85. The number of hydrogen-bond acceptors (Lipinski definition) is 4. The van der Waals surface area contributed by atoms with E-state index < -0.39 is 0 Å². The molecule has 0 rings (SSSR count). The zero-order valence-corrected chi connectivity index (χ0v) is 7.62. The first-order valence-corrected chi connectivity index (χ1v) is 4.05. The summed E-state index contributed by atoms with van der Waals surface area (Å²) >= 11 is 0. The Kier molecular flexibility index (Phi) is 8.05. The third-order valence-electron chi connectivity index (χ3n) is 1.22. The molecule has 0 aliphatic rings. The van der Waals surface area contributed by atoms with Gasteiger partial charge in [-0.15, -0.1) is 0 Å². The van der Waals surface area contributed by atoms with Gasteiger partial charge in [-0.05, 0) is 13.8 Å². The lowest BCUT2D eigenvalue weighted by Crippen LogP contribution is -2.17. The maximum absolute atomic E-state index is 9.85. The smallest absolute Gasteiger partial charge is 0.293 e. The van der Waals surface area contributed by atoms with Crippen molar-refractivity contribution in [3.63, 3.8) is 0 Å². The SMILES string of the molecule is CCOCCOCC(C)OC=O. The summed E-state index contributed by atoms with van der Waals surface area (Å²) in [5.74, 6) is 0. The molecule has 1 unspecified atom stereocenters. The fraction of sp³-hybridized carbons (Fsp3) is 0.875. The van der Waals surface area contributed by atoms with Crippen LogP contribution < -0.4 is 0 Å². The van der Waals surface area contributed by atoms with Gasteiger partial charge in [-0.3, -0.25) is 4.79 Å². The molecule has 12 heavy (non-hydrogen) atoms. The second kappa shape index (κ2) is 8.49. The van der Waals surface area contributed by atoms with E-state index in [9.17, 15) is 4.79 Å². The first kappa shape index (κ1) is 11.4. The molecule has 0 aromatic rings. The fourth-order valence-corrected chi connectivity index (χ4v) is 0.646. The number of hydrogen-bond donors (Lipinski definition) is 0. The molecule has 0 heterocycles. The molecule has 72 valence electrons. The monoisotopic (exact) mass is 176 g/mol. The Labute approximate surface area is 72.8 Å². The van der Waals surface area contributed by atoms with Crippen LogP contribution in [-0.4, -0.2) is 39.0 Å². The van der Waals surface area contributed by atoms with Gasteiger partial charge in [-0.25, -0.2) is 0 Å². The molecule has 0 radical (unpaired) electrons. The summed E-state index contributed by atoms with van der Waals surface area (Å²) in [4.78, 5) is 9.85. The van der Waals surface area contributed by atoms with E-state index in [1.165, 1.54) is 0 Å². The largest absolute Gasteiger partial charge is 0.462 e. The molecule has 1 atom stereocenters. The van der Waals surface area contributed by atoms with Crippen LogP contribution in [0.15, 0.2) is 0 Å². The number of carbonyl (C=O) groups excluding carboxylic acids is 1. The topological polar surface area (TPSA) is 44.8 Å². The molecule has 0 aliphatic carbocycles. The van der Waals surface area contributed by atoms with Gasteiger partial charge in [0, 0.05) is 6.61 Å². The summed E-state index contributed by atoms with van der Waals surface area (Å²) in [5.41, 5.74) is 0. The van der Waals surface area contributed by atoms with Crippen molar-refractivity contribution in [1.82, 2.24) is 0 Å². The van der Waals surface area contributed by atoms with Gasteiger partial charge in [0.25, 0.3) is 6.47 Å². The van der Waals surface area contributed by atoms with Gasteiger partial charge in [-0.1, -0.05) is 0 Å². The van der Waals surface area contributed by atoms with Crippen molar-refractivity contribution in [2.75, 3.05) is 26.4 Å². The minimum Gasteiger partial charge on any atom is -0.462 e. The second-order valence-corrected chi connectivity index (χ2v) is 2.31. The van der Waals surface area contributed by atoms with Crippen LogP contribution >= 0.6 is 0 Å². The highest BCUT2D eigenvalue weighted by atomic mass is 16.6. The third-order valence-corrected chi connectivity index (χ3v) is 1.22. The standard InChI is InChI=1S/C8H16O4/c1-3-10-4-5-11-6-8(2)12-7-9/h7-8H,3-6H2,1-2H3. The van der Waals surface area contributed by atoms with E-state index in [0.717, 1.165) is 0 Å². The van der Waals surface area contributed by atoms with Gasteiger partial charge in [0.1, 0.15) is 6.10 Å². The lowest BCUT2D eigenvalue weighted by Gasteiger charge is -2.09. The van der Waals surface area contributed by atoms with Crippen molar-refractivity contribution >= 4 is 6.47 Å². The van der Waals surface area contributed by atoms with Crippen LogP contribution in [0.3, 0.4) is 0 Å².